The molecule has 17 rings (SSSR count). The second-order valence-corrected chi connectivity index (χ2v) is 42.6. The molecule has 5 aliphatic rings. The van der Waals surface area contributed by atoms with Crippen LogP contribution >= 0.6 is 0 Å². The predicted molar refractivity (Wildman–Crippen MR) is 535 cm³/mol. The van der Waals surface area contributed by atoms with Crippen LogP contribution in [0.4, 0.5) is 43.9 Å². The fourth-order valence-electron chi connectivity index (χ4n) is 17.7. The number of hydrogen-bond acceptors (Lipinski definition) is 22. The van der Waals surface area contributed by atoms with Gasteiger partial charge in [-0.3, -0.25) is 53.3 Å². The molecule has 6 amide bonds. The van der Waals surface area contributed by atoms with E-state index >= 15 is 0 Å². The van der Waals surface area contributed by atoms with E-state index in [4.69, 9.17) is 13.9 Å². The van der Waals surface area contributed by atoms with Crippen molar-refractivity contribution in [1.29, 1.82) is 0 Å². The smallest absolute Gasteiger partial charge is 0.272 e. The first kappa shape index (κ1) is 112. The lowest BCUT2D eigenvalue weighted by atomic mass is 9.86. The quantitative estimate of drug-likeness (QED) is 0.0410. The van der Waals surface area contributed by atoms with Crippen LogP contribution in [0.1, 0.15) is 225 Å². The lowest BCUT2D eigenvalue weighted by Gasteiger charge is -2.32. The lowest BCUT2D eigenvalue weighted by Crippen LogP contribution is -2.49. The van der Waals surface area contributed by atoms with Crippen molar-refractivity contribution in [2.45, 2.75) is 263 Å². The van der Waals surface area contributed by atoms with Gasteiger partial charge in [-0.2, -0.15) is 4.98 Å². The summed E-state index contributed by atoms with van der Waals surface area (Å²) >= 11 is 0. The summed E-state index contributed by atoms with van der Waals surface area (Å²) in [5.41, 5.74) is 6.35. The van der Waals surface area contributed by atoms with Crippen molar-refractivity contribution < 1.29 is 81.6 Å². The van der Waals surface area contributed by atoms with Gasteiger partial charge in [0.15, 0.2) is 92.5 Å². The summed E-state index contributed by atoms with van der Waals surface area (Å²) in [6.07, 6.45) is 0.481. The molecule has 33 nitrogen and oxygen atoms in total. The third-order valence-corrected chi connectivity index (χ3v) is 26.9. The average molecular weight is 2060 g/mol. The molecular formula is C105H131F10N25O8. The second-order valence-electron chi connectivity index (χ2n) is 42.6. The van der Waals surface area contributed by atoms with Gasteiger partial charge in [0, 0.05) is 149 Å². The number of benzene rings is 5. The van der Waals surface area contributed by atoms with E-state index in [1.165, 1.54) is 50.5 Å². The van der Waals surface area contributed by atoms with Crippen LogP contribution in [-0.2, 0) is 80.5 Å². The molecule has 5 unspecified atom stereocenters. The Kier molecular flexibility index (Phi) is 34.1. The Morgan fingerprint density at radius 2 is 0.709 bits per heavy atom. The number of aromatic nitrogens is 14. The molecule has 6 N–H and O–H groups in total. The van der Waals surface area contributed by atoms with Crippen molar-refractivity contribution in [2.24, 2.45) is 17.3 Å². The van der Waals surface area contributed by atoms with Gasteiger partial charge in [-0.05, 0) is 212 Å². The van der Waals surface area contributed by atoms with Crippen LogP contribution in [0.15, 0.2) is 99.9 Å². The number of halogens is 10. The molecule has 0 radical (unpaired) electrons. The molecule has 0 bridgehead atoms. The fourth-order valence-corrected chi connectivity index (χ4v) is 17.7. The highest BCUT2D eigenvalue weighted by Gasteiger charge is 2.41. The Hall–Kier alpha value is -13.7. The molecule has 43 heteroatoms. The first-order valence-corrected chi connectivity index (χ1v) is 49.0. The number of hydrogen-bond donors (Lipinski definition) is 6. The molecule has 794 valence electrons. The fraction of sp³-hybridized carbons (Fsp3) is 0.476. The minimum absolute atomic E-state index is 0.124. The standard InChI is InChI=1S/C23H28F2N6O2.C22H29F2N5O2.C21H27F2N5O2.C20H23F2N5O.C19H24F2N4O/c1-12-10-31-17(11-30(12)6)18(27-20(31)14-7-8-15(24)16(25)9-14)21(32)28-19(23(3,4)5)22-26-13(2)29-33-22;1-12(2)8-17(21(30)25-4)26-22(31)19-18-11-28(5)13(3)10-29(18)20(27-19)14-6-7-15(23)16(24)9-14;1-11(2)17(20(29)24-4)26-21(30)18-16-10-27(5)12(3)9-28(16)19(25-18)13-6-7-14(22)15(23)8-13;1-11-9-27-15(10-26(11)5)16(18-24-25-19(28-18)20(2,3)4)23-17(27)12-6-7-13(21)14(22)8-12;1-11-9-25-15(10-24(11)5)16(18(26)23-19(2,3)4)22-17(25)12-6-7-13(20)14(21)8-12/h7-9,12,19H,10-11H2,1-6H3,(H,28,32);6-7,9,12-13,17H,8,10-11H2,1-5H3,(H,25,30)(H,26,31);6-8,11-12,17H,9-10H2,1-5H3,(H,24,29)(H,26,30);6-8,11H,9-10H2,1-5H3;6-8,11H,9-10H2,1-5H3,(H,23,26)/t12?,19-;13?,17-;12?,17-;;/m100../s1. The lowest BCUT2D eigenvalue weighted by molar-refractivity contribution is -0.123. The highest BCUT2D eigenvalue weighted by Crippen LogP contribution is 2.40. The van der Waals surface area contributed by atoms with Crippen LogP contribution < -0.4 is 31.9 Å². The maximum atomic E-state index is 14.0. The van der Waals surface area contributed by atoms with Gasteiger partial charge in [-0.1, -0.05) is 74.4 Å². The molecule has 0 spiro atoms. The predicted octanol–water partition coefficient (Wildman–Crippen LogP) is 15.8. The van der Waals surface area contributed by atoms with Gasteiger partial charge < -0.3 is 63.7 Å². The number of rotatable bonds is 19. The highest BCUT2D eigenvalue weighted by molar-refractivity contribution is 5.99. The summed E-state index contributed by atoms with van der Waals surface area (Å²) < 4.78 is 157. The molecule has 12 aromatic rings. The van der Waals surface area contributed by atoms with Crippen molar-refractivity contribution in [3.05, 3.63) is 218 Å². The monoisotopic (exact) mass is 2060 g/mol. The number of imidazole rings is 5. The van der Waals surface area contributed by atoms with Crippen LogP contribution in [0.5, 0.6) is 0 Å². The van der Waals surface area contributed by atoms with Crippen molar-refractivity contribution >= 4 is 35.4 Å². The number of nitrogens with one attached hydrogen (secondary N) is 6. The Balaban J connectivity index is 0.000000155. The molecule has 5 aromatic carbocycles. The molecule has 8 atom stereocenters. The number of fused-ring (bicyclic) bond motifs is 5. The number of aryl methyl sites for hydroxylation is 1. The van der Waals surface area contributed by atoms with E-state index in [0.717, 1.165) is 66.0 Å². The van der Waals surface area contributed by atoms with Gasteiger partial charge in [0.1, 0.15) is 47.2 Å². The van der Waals surface area contributed by atoms with Crippen LogP contribution in [0.25, 0.3) is 68.5 Å². The summed E-state index contributed by atoms with van der Waals surface area (Å²) in [6.45, 7) is 42.8. The van der Waals surface area contributed by atoms with Gasteiger partial charge in [-0.25, -0.2) is 68.8 Å². The topological polar surface area (TPSA) is 358 Å². The van der Waals surface area contributed by atoms with Crippen molar-refractivity contribution in [2.75, 3.05) is 49.3 Å². The highest BCUT2D eigenvalue weighted by atomic mass is 19.2. The molecule has 12 heterocycles. The minimum Gasteiger partial charge on any atom is -0.419 e. The number of likely N-dealkylation sites (N-methyl/N-ethyl adjacent to an activating group) is 7. The molecule has 7 aromatic heterocycles. The largest absolute Gasteiger partial charge is 0.419 e. The summed E-state index contributed by atoms with van der Waals surface area (Å²) in [5, 5.41) is 28.8. The number of nitrogens with zero attached hydrogens (tertiary/aromatic N) is 19. The first-order valence-electron chi connectivity index (χ1n) is 49.0. The van der Waals surface area contributed by atoms with Gasteiger partial charge in [0.2, 0.25) is 23.6 Å². The number of amides is 6. The second kappa shape index (κ2) is 45.2. The van der Waals surface area contributed by atoms with E-state index in [-0.39, 0.29) is 82.3 Å². The van der Waals surface area contributed by atoms with Gasteiger partial charge in [0.25, 0.3) is 29.5 Å². The van der Waals surface area contributed by atoms with E-state index in [0.29, 0.717) is 181 Å². The van der Waals surface area contributed by atoms with Crippen LogP contribution in [0.3, 0.4) is 0 Å². The molecule has 0 saturated heterocycles. The Bertz CT molecular complexity index is 6920. The maximum Gasteiger partial charge on any atom is 0.272 e. The summed E-state index contributed by atoms with van der Waals surface area (Å²) in [4.78, 5) is 115. The molecule has 0 fully saturated rings. The average Bonchev–Trinajstić information content (AvgIpc) is 1.61. The maximum absolute atomic E-state index is 14.0. The van der Waals surface area contributed by atoms with E-state index in [2.05, 4.69) is 117 Å². The molecule has 148 heavy (non-hydrogen) atoms. The Labute approximate surface area is 853 Å². The molecular weight excluding hydrogens is 1930 g/mol. The van der Waals surface area contributed by atoms with Crippen LogP contribution in [0, 0.1) is 82.3 Å². The number of carbonyl (C=O) groups excluding carboxylic acids is 6. The third kappa shape index (κ3) is 25.0. The molecule has 0 aliphatic carbocycles. The van der Waals surface area contributed by atoms with Crippen molar-refractivity contribution in [3.8, 4) is 68.5 Å². The third-order valence-electron chi connectivity index (χ3n) is 26.9. The SMILES string of the molecule is CC1Cn2c(-c3ccc(F)c(F)c3)nc(-c3nnc(C(C)(C)C)o3)c2CN1C.CC1Cn2c(-c3ccc(F)c(F)c3)nc(C(=O)NC(C)(C)C)c2CN1C.CNC(=O)[C@@H](NC(=O)c1nc(-c2ccc(F)c(F)c2)n2c1CN(C)C(C)C2)C(C)C.CNC(=O)[C@H](CC(C)C)NC(=O)c1nc(-c2ccc(F)c(F)c2)n2c1CN(C)C(C)C2.Cc1noc([C@@H](NC(=O)c2nc(-c3ccc(F)c(F)c3)n3c2CN(C)C(C)C3)C(C)(C)C)n1. The molecule has 0 saturated carbocycles. The summed E-state index contributed by atoms with van der Waals surface area (Å²) in [6, 6.07) is 17.4. The van der Waals surface area contributed by atoms with Gasteiger partial charge >= 0.3 is 0 Å². The Morgan fingerprint density at radius 1 is 0.399 bits per heavy atom. The van der Waals surface area contributed by atoms with E-state index in [1.54, 1.807) is 6.92 Å². The van der Waals surface area contributed by atoms with Crippen LogP contribution in [0.2, 0.25) is 0 Å². The Morgan fingerprint density at radius 3 is 0.993 bits per heavy atom. The van der Waals surface area contributed by atoms with Crippen molar-refractivity contribution in [1.82, 2.24) is 124 Å². The van der Waals surface area contributed by atoms with Crippen LogP contribution in [-0.4, -0.2) is 225 Å². The molecule has 5 aliphatic heterocycles. The van der Waals surface area contributed by atoms with Crippen molar-refractivity contribution in [3.63, 3.8) is 0 Å². The number of carbonyl (C=O) groups is 6. The normalized spacial score (nSPS) is 17.6. The van der Waals surface area contributed by atoms with Gasteiger partial charge in [-0.15, -0.1) is 10.2 Å². The zero-order chi connectivity index (χ0) is 109. The summed E-state index contributed by atoms with van der Waals surface area (Å²) in [7, 11) is 12.9. The van der Waals surface area contributed by atoms with Gasteiger partial charge in [0.05, 0.1) is 28.5 Å². The zero-order valence-electron chi connectivity index (χ0n) is 88.3. The minimum atomic E-state index is -0.976. The van der Waals surface area contributed by atoms with E-state index in [1.807, 2.05) is 162 Å². The first-order chi connectivity index (χ1) is 69.4. The van der Waals surface area contributed by atoms with E-state index < -0.39 is 105 Å². The summed E-state index contributed by atoms with van der Waals surface area (Å²) in [5.74, 6) is -7.51. The zero-order valence-corrected chi connectivity index (χ0v) is 88.3. The van der Waals surface area contributed by atoms with E-state index in [9.17, 15) is 72.7 Å².